The monoisotopic (exact) mass is 401 g/mol. The van der Waals surface area contributed by atoms with E-state index >= 15 is 0 Å². The second kappa shape index (κ2) is 7.29. The van der Waals surface area contributed by atoms with E-state index in [2.05, 4.69) is 15.0 Å². The minimum Gasteiger partial charge on any atom is -0.321 e. The van der Waals surface area contributed by atoms with Gasteiger partial charge in [-0.2, -0.15) is 0 Å². The number of rotatable bonds is 4. The second-order valence-electron chi connectivity index (χ2n) is 6.30. The topological polar surface area (TPSA) is 88.2 Å². The quantitative estimate of drug-likeness (QED) is 0.763. The Morgan fingerprint density at radius 2 is 1.80 bits per heavy atom. The van der Waals surface area contributed by atoms with E-state index in [4.69, 9.17) is 23.2 Å². The van der Waals surface area contributed by atoms with Gasteiger partial charge in [0.05, 0.1) is 16.3 Å². The summed E-state index contributed by atoms with van der Waals surface area (Å²) in [4.78, 5) is 16.1. The van der Waals surface area contributed by atoms with Gasteiger partial charge >= 0.3 is 0 Å². The van der Waals surface area contributed by atoms with Gasteiger partial charge in [0.2, 0.25) is 10.0 Å². The van der Waals surface area contributed by atoms with E-state index in [1.165, 1.54) is 24.4 Å². The molecule has 1 aromatic carbocycles. The Kier molecular flexibility index (Phi) is 5.73. The van der Waals surface area contributed by atoms with Gasteiger partial charge in [-0.25, -0.2) is 18.1 Å². The number of aromatic nitrogens is 1. The van der Waals surface area contributed by atoms with E-state index in [9.17, 15) is 13.2 Å². The summed E-state index contributed by atoms with van der Waals surface area (Å²) in [6.07, 6.45) is 1.26. The highest BCUT2D eigenvalue weighted by molar-refractivity contribution is 7.89. The van der Waals surface area contributed by atoms with E-state index in [1.54, 1.807) is 32.9 Å². The fourth-order valence-electron chi connectivity index (χ4n) is 2.00. The van der Waals surface area contributed by atoms with Crippen molar-refractivity contribution >= 4 is 44.8 Å². The third-order valence-corrected chi connectivity index (χ3v) is 5.43. The molecule has 6 nitrogen and oxygen atoms in total. The Morgan fingerprint density at radius 1 is 1.16 bits per heavy atom. The van der Waals surface area contributed by atoms with Crippen molar-refractivity contribution in [1.29, 1.82) is 0 Å². The highest BCUT2D eigenvalue weighted by atomic mass is 35.5. The first-order valence-corrected chi connectivity index (χ1v) is 9.49. The molecule has 0 atom stereocenters. The minimum atomic E-state index is -3.82. The summed E-state index contributed by atoms with van der Waals surface area (Å²) < 4.78 is 27.7. The number of benzene rings is 1. The van der Waals surface area contributed by atoms with Crippen LogP contribution < -0.4 is 10.0 Å². The van der Waals surface area contributed by atoms with E-state index in [0.717, 1.165) is 0 Å². The van der Waals surface area contributed by atoms with Crippen LogP contribution in [0.4, 0.5) is 5.69 Å². The van der Waals surface area contributed by atoms with E-state index in [0.29, 0.717) is 0 Å². The lowest BCUT2D eigenvalue weighted by molar-refractivity contribution is 0.102. The maximum Gasteiger partial charge on any atom is 0.257 e. The molecule has 0 bridgehead atoms. The van der Waals surface area contributed by atoms with Gasteiger partial charge in [0.1, 0.15) is 10.0 Å². The zero-order chi connectivity index (χ0) is 18.8. The third-order valence-electron chi connectivity index (χ3n) is 2.92. The Hall–Kier alpha value is -1.67. The number of amides is 1. The molecule has 0 fully saturated rings. The summed E-state index contributed by atoms with van der Waals surface area (Å²) in [5.74, 6) is -0.551. The molecule has 0 aliphatic heterocycles. The number of hydrogen-bond acceptors (Lipinski definition) is 4. The fourth-order valence-corrected chi connectivity index (χ4v) is 3.85. The van der Waals surface area contributed by atoms with Gasteiger partial charge in [-0.05, 0) is 39.0 Å². The van der Waals surface area contributed by atoms with Gasteiger partial charge in [-0.1, -0.05) is 35.3 Å². The van der Waals surface area contributed by atoms with Crippen LogP contribution in [-0.4, -0.2) is 24.8 Å². The van der Waals surface area contributed by atoms with Crippen molar-refractivity contribution in [2.45, 2.75) is 31.2 Å². The molecule has 134 valence electrons. The van der Waals surface area contributed by atoms with E-state index in [-0.39, 0.29) is 26.3 Å². The predicted octanol–water partition coefficient (Wildman–Crippen LogP) is 3.72. The summed E-state index contributed by atoms with van der Waals surface area (Å²) >= 11 is 11.6. The molecule has 0 aliphatic rings. The predicted molar refractivity (Wildman–Crippen MR) is 98.7 cm³/mol. The zero-order valence-corrected chi connectivity index (χ0v) is 16.1. The van der Waals surface area contributed by atoms with Crippen LogP contribution >= 0.6 is 23.2 Å². The average Bonchev–Trinajstić information content (AvgIpc) is 2.48. The molecule has 0 saturated carbocycles. The van der Waals surface area contributed by atoms with Crippen LogP contribution in [0, 0.1) is 0 Å². The van der Waals surface area contributed by atoms with E-state index in [1.807, 2.05) is 0 Å². The largest absolute Gasteiger partial charge is 0.321 e. The van der Waals surface area contributed by atoms with E-state index < -0.39 is 21.5 Å². The molecule has 1 aromatic heterocycles. The number of carbonyl (C=O) groups is 1. The average molecular weight is 402 g/mol. The number of pyridine rings is 1. The number of nitrogens with zero attached hydrogens (tertiary/aromatic N) is 1. The number of carbonyl (C=O) groups excluding carboxylic acids is 1. The molecule has 0 unspecified atom stereocenters. The molecule has 1 amide bonds. The van der Waals surface area contributed by atoms with Crippen LogP contribution in [0.1, 0.15) is 31.1 Å². The molecule has 25 heavy (non-hydrogen) atoms. The number of anilines is 1. The summed E-state index contributed by atoms with van der Waals surface area (Å²) in [6.45, 7) is 5.19. The smallest absolute Gasteiger partial charge is 0.257 e. The Balaban J connectivity index is 2.35. The Labute approximate surface area is 156 Å². The SMILES string of the molecule is CC(C)(C)NS(=O)(=O)c1ccccc1NC(=O)c1cnc(Cl)c(Cl)c1. The lowest BCUT2D eigenvalue weighted by atomic mass is 10.1. The molecule has 2 N–H and O–H groups in total. The molecular formula is C16H17Cl2N3O3S. The number of para-hydroxylation sites is 1. The van der Waals surface area contributed by atoms with Crippen LogP contribution in [0.25, 0.3) is 0 Å². The van der Waals surface area contributed by atoms with Crippen molar-refractivity contribution in [3.63, 3.8) is 0 Å². The first-order valence-electron chi connectivity index (χ1n) is 7.25. The van der Waals surface area contributed by atoms with Crippen molar-refractivity contribution in [2.24, 2.45) is 0 Å². The first kappa shape index (κ1) is 19.7. The van der Waals surface area contributed by atoms with Crippen molar-refractivity contribution in [3.8, 4) is 0 Å². The summed E-state index contributed by atoms with van der Waals surface area (Å²) in [5.41, 5.74) is -0.357. The van der Waals surface area contributed by atoms with Crippen molar-refractivity contribution < 1.29 is 13.2 Å². The Morgan fingerprint density at radius 3 is 2.40 bits per heavy atom. The second-order valence-corrected chi connectivity index (χ2v) is 8.72. The van der Waals surface area contributed by atoms with Gasteiger partial charge in [-0.3, -0.25) is 4.79 Å². The first-order chi connectivity index (χ1) is 11.5. The standard InChI is InChI=1S/C16H17Cl2N3O3S/c1-16(2,3)21-25(23,24)13-7-5-4-6-12(13)20-15(22)10-8-11(17)14(18)19-9-10/h4-9,21H,1-3H3,(H,20,22). The number of hydrogen-bond donors (Lipinski definition) is 2. The molecule has 0 spiro atoms. The lowest BCUT2D eigenvalue weighted by Gasteiger charge is -2.21. The molecule has 1 heterocycles. The van der Waals surface area contributed by atoms with Gasteiger partial charge in [0, 0.05) is 11.7 Å². The lowest BCUT2D eigenvalue weighted by Crippen LogP contribution is -2.40. The number of halogens is 2. The molecule has 2 rings (SSSR count). The Bertz CT molecular complexity index is 909. The van der Waals surface area contributed by atoms with Crippen LogP contribution in [0.15, 0.2) is 41.4 Å². The van der Waals surface area contributed by atoms with Crippen LogP contribution in [-0.2, 0) is 10.0 Å². The fraction of sp³-hybridized carbons (Fsp3) is 0.250. The summed E-state index contributed by atoms with van der Waals surface area (Å²) in [5, 5.41) is 2.77. The van der Waals surface area contributed by atoms with Gasteiger partial charge in [0.15, 0.2) is 0 Å². The van der Waals surface area contributed by atoms with Crippen molar-refractivity contribution in [1.82, 2.24) is 9.71 Å². The van der Waals surface area contributed by atoms with Gasteiger partial charge in [-0.15, -0.1) is 0 Å². The van der Waals surface area contributed by atoms with Crippen LogP contribution in [0.5, 0.6) is 0 Å². The van der Waals surface area contributed by atoms with Crippen molar-refractivity contribution in [2.75, 3.05) is 5.32 Å². The summed E-state index contributed by atoms with van der Waals surface area (Å²) in [6, 6.07) is 7.47. The summed E-state index contributed by atoms with van der Waals surface area (Å²) in [7, 11) is -3.82. The van der Waals surface area contributed by atoms with Crippen LogP contribution in [0.2, 0.25) is 10.2 Å². The van der Waals surface area contributed by atoms with Crippen LogP contribution in [0.3, 0.4) is 0 Å². The zero-order valence-electron chi connectivity index (χ0n) is 13.8. The molecule has 0 saturated heterocycles. The normalized spacial score (nSPS) is 12.0. The van der Waals surface area contributed by atoms with Gasteiger partial charge in [0.25, 0.3) is 5.91 Å². The molecule has 0 aliphatic carbocycles. The molecule has 9 heteroatoms. The molecular weight excluding hydrogens is 385 g/mol. The van der Waals surface area contributed by atoms with Gasteiger partial charge < -0.3 is 5.32 Å². The minimum absolute atomic E-state index is 0.0358. The maximum atomic E-state index is 12.6. The highest BCUT2D eigenvalue weighted by Crippen LogP contribution is 2.24. The third kappa shape index (κ3) is 5.15. The highest BCUT2D eigenvalue weighted by Gasteiger charge is 2.25. The number of sulfonamides is 1. The number of nitrogens with one attached hydrogen (secondary N) is 2. The van der Waals surface area contributed by atoms with Crippen molar-refractivity contribution in [3.05, 3.63) is 52.3 Å². The molecule has 0 radical (unpaired) electrons. The molecule has 2 aromatic rings. The maximum absolute atomic E-state index is 12.6.